The van der Waals surface area contributed by atoms with E-state index in [1.165, 1.54) is 17.4 Å². The molecule has 0 atom stereocenters. The molecule has 31 heavy (non-hydrogen) atoms. The molecule has 0 saturated heterocycles. The standard InChI is InChI=1S/C22H19N5O3S/c1-30-17-6-4-14(5-7-17)9-19-26-18(10-20(28)27-19)21(29)24-12-16-13-31-22(25-16)15-3-2-8-23-11-15/h2-8,10-11,13H,9,12H2,1H3,(H,24,29)(H,26,27,28). The van der Waals surface area contributed by atoms with Crippen LogP contribution in [0.1, 0.15) is 27.6 Å². The van der Waals surface area contributed by atoms with Gasteiger partial charge in [0, 0.05) is 35.8 Å². The minimum absolute atomic E-state index is 0.0648. The molecule has 8 nitrogen and oxygen atoms in total. The van der Waals surface area contributed by atoms with Gasteiger partial charge in [-0.05, 0) is 29.8 Å². The van der Waals surface area contributed by atoms with Crippen LogP contribution in [0.25, 0.3) is 10.6 Å². The zero-order valence-corrected chi connectivity index (χ0v) is 17.5. The maximum atomic E-state index is 12.6. The molecule has 0 fully saturated rings. The third-order valence-corrected chi connectivity index (χ3v) is 5.38. The van der Waals surface area contributed by atoms with E-state index in [9.17, 15) is 9.59 Å². The second-order valence-corrected chi connectivity index (χ2v) is 7.53. The number of amides is 1. The maximum Gasteiger partial charge on any atom is 0.270 e. The van der Waals surface area contributed by atoms with Crippen LogP contribution in [0.3, 0.4) is 0 Å². The average Bonchev–Trinajstić information content (AvgIpc) is 3.27. The minimum atomic E-state index is -0.432. The average molecular weight is 433 g/mol. The summed E-state index contributed by atoms with van der Waals surface area (Å²) in [5.41, 5.74) is 2.27. The summed E-state index contributed by atoms with van der Waals surface area (Å²) in [7, 11) is 1.60. The lowest BCUT2D eigenvalue weighted by atomic mass is 10.1. The fourth-order valence-electron chi connectivity index (χ4n) is 2.92. The number of aromatic nitrogens is 4. The van der Waals surface area contributed by atoms with Gasteiger partial charge in [0.25, 0.3) is 11.5 Å². The fraction of sp³-hybridized carbons (Fsp3) is 0.136. The number of benzene rings is 1. The molecule has 4 rings (SSSR count). The van der Waals surface area contributed by atoms with Crippen molar-refractivity contribution in [3.05, 3.63) is 93.4 Å². The first kappa shape index (κ1) is 20.4. The van der Waals surface area contributed by atoms with Crippen molar-refractivity contribution in [1.82, 2.24) is 25.3 Å². The summed E-state index contributed by atoms with van der Waals surface area (Å²) in [5, 5.41) is 5.48. The van der Waals surface area contributed by atoms with E-state index < -0.39 is 5.91 Å². The number of hydrogen-bond acceptors (Lipinski definition) is 7. The number of carbonyl (C=O) groups excluding carboxylic acids is 1. The zero-order chi connectivity index (χ0) is 21.6. The molecule has 0 aliphatic carbocycles. The van der Waals surface area contributed by atoms with Gasteiger partial charge in [0.2, 0.25) is 0 Å². The monoisotopic (exact) mass is 433 g/mol. The SMILES string of the molecule is COc1ccc(Cc2nc(C(=O)NCc3csc(-c4cccnc4)n3)cc(=O)[nH]2)cc1. The van der Waals surface area contributed by atoms with Crippen LogP contribution in [-0.4, -0.2) is 33.0 Å². The first-order valence-electron chi connectivity index (χ1n) is 9.47. The van der Waals surface area contributed by atoms with E-state index in [4.69, 9.17) is 4.74 Å². The third kappa shape index (κ3) is 5.20. The number of methoxy groups -OCH3 is 1. The summed E-state index contributed by atoms with van der Waals surface area (Å²) in [6.07, 6.45) is 3.84. The van der Waals surface area contributed by atoms with Crippen LogP contribution in [0.5, 0.6) is 5.75 Å². The number of nitrogens with one attached hydrogen (secondary N) is 2. The van der Waals surface area contributed by atoms with E-state index in [1.54, 1.807) is 19.5 Å². The van der Waals surface area contributed by atoms with Crippen molar-refractivity contribution in [3.63, 3.8) is 0 Å². The number of ether oxygens (including phenoxy) is 1. The minimum Gasteiger partial charge on any atom is -0.497 e. The maximum absolute atomic E-state index is 12.6. The third-order valence-electron chi connectivity index (χ3n) is 4.44. The van der Waals surface area contributed by atoms with Crippen molar-refractivity contribution in [2.75, 3.05) is 7.11 Å². The Balaban J connectivity index is 1.42. The van der Waals surface area contributed by atoms with Gasteiger partial charge in [0.15, 0.2) is 0 Å². The van der Waals surface area contributed by atoms with Gasteiger partial charge in [-0.3, -0.25) is 14.6 Å². The molecular formula is C22H19N5O3S. The van der Waals surface area contributed by atoms with Crippen molar-refractivity contribution >= 4 is 17.2 Å². The summed E-state index contributed by atoms with van der Waals surface area (Å²) in [6.45, 7) is 0.234. The molecule has 0 aliphatic heterocycles. The normalized spacial score (nSPS) is 10.6. The Hall–Kier alpha value is -3.85. The number of carbonyl (C=O) groups is 1. The predicted octanol–water partition coefficient (Wildman–Crippen LogP) is 2.82. The molecule has 0 spiro atoms. The van der Waals surface area contributed by atoms with E-state index >= 15 is 0 Å². The molecule has 0 saturated carbocycles. The molecule has 2 N–H and O–H groups in total. The van der Waals surface area contributed by atoms with Crippen molar-refractivity contribution in [2.24, 2.45) is 0 Å². The predicted molar refractivity (Wildman–Crippen MR) is 117 cm³/mol. The summed E-state index contributed by atoms with van der Waals surface area (Å²) in [6, 6.07) is 12.4. The Morgan fingerprint density at radius 1 is 1.19 bits per heavy atom. The van der Waals surface area contributed by atoms with E-state index in [2.05, 4.69) is 25.3 Å². The Morgan fingerprint density at radius 2 is 2.03 bits per heavy atom. The van der Waals surface area contributed by atoms with Crippen molar-refractivity contribution in [3.8, 4) is 16.3 Å². The van der Waals surface area contributed by atoms with Crippen LogP contribution in [0.4, 0.5) is 0 Å². The number of aromatic amines is 1. The molecule has 0 unspecified atom stereocenters. The van der Waals surface area contributed by atoms with Gasteiger partial charge < -0.3 is 15.0 Å². The number of thiazole rings is 1. The molecule has 0 radical (unpaired) electrons. The second kappa shape index (κ2) is 9.31. The Labute approximate surface area is 182 Å². The highest BCUT2D eigenvalue weighted by molar-refractivity contribution is 7.13. The van der Waals surface area contributed by atoms with Crippen molar-refractivity contribution in [2.45, 2.75) is 13.0 Å². The largest absolute Gasteiger partial charge is 0.497 e. The van der Waals surface area contributed by atoms with Gasteiger partial charge in [0.05, 0.1) is 19.3 Å². The lowest BCUT2D eigenvalue weighted by molar-refractivity contribution is 0.0945. The summed E-state index contributed by atoms with van der Waals surface area (Å²) < 4.78 is 5.15. The molecule has 156 valence electrons. The van der Waals surface area contributed by atoms with Crippen molar-refractivity contribution in [1.29, 1.82) is 0 Å². The fourth-order valence-corrected chi connectivity index (χ4v) is 3.73. The van der Waals surface area contributed by atoms with Crippen LogP contribution >= 0.6 is 11.3 Å². The molecule has 0 aliphatic rings. The van der Waals surface area contributed by atoms with Crippen LogP contribution < -0.4 is 15.6 Å². The Bertz CT molecular complexity index is 1240. The topological polar surface area (TPSA) is 110 Å². The molecular weight excluding hydrogens is 414 g/mol. The van der Waals surface area contributed by atoms with Gasteiger partial charge in [0.1, 0.15) is 22.3 Å². The van der Waals surface area contributed by atoms with Gasteiger partial charge in [-0.1, -0.05) is 12.1 Å². The summed E-state index contributed by atoms with van der Waals surface area (Å²) in [5.74, 6) is 0.723. The molecule has 9 heteroatoms. The highest BCUT2D eigenvalue weighted by atomic mass is 32.1. The van der Waals surface area contributed by atoms with Crippen LogP contribution in [0.15, 0.2) is 65.0 Å². The quantitative estimate of drug-likeness (QED) is 0.464. The zero-order valence-electron chi connectivity index (χ0n) is 16.7. The number of rotatable bonds is 7. The number of H-pyrrole nitrogens is 1. The Kier molecular flexibility index (Phi) is 6.13. The van der Waals surface area contributed by atoms with Gasteiger partial charge in [-0.2, -0.15) is 0 Å². The first-order chi connectivity index (χ1) is 15.1. The molecule has 3 aromatic heterocycles. The summed E-state index contributed by atoms with van der Waals surface area (Å²) >= 11 is 1.48. The van der Waals surface area contributed by atoms with Crippen LogP contribution in [0, 0.1) is 0 Å². The highest BCUT2D eigenvalue weighted by Gasteiger charge is 2.12. The summed E-state index contributed by atoms with van der Waals surface area (Å²) in [4.78, 5) is 40.2. The lowest BCUT2D eigenvalue weighted by Gasteiger charge is -2.06. The van der Waals surface area contributed by atoms with E-state index in [-0.39, 0.29) is 17.8 Å². The van der Waals surface area contributed by atoms with E-state index in [1.807, 2.05) is 41.8 Å². The van der Waals surface area contributed by atoms with Crippen LogP contribution in [0.2, 0.25) is 0 Å². The highest BCUT2D eigenvalue weighted by Crippen LogP contribution is 2.22. The molecule has 1 aromatic carbocycles. The van der Waals surface area contributed by atoms with E-state index in [0.717, 1.165) is 27.6 Å². The molecule has 1 amide bonds. The number of pyridine rings is 1. The van der Waals surface area contributed by atoms with Crippen LogP contribution in [-0.2, 0) is 13.0 Å². The number of nitrogens with zero attached hydrogens (tertiary/aromatic N) is 3. The first-order valence-corrected chi connectivity index (χ1v) is 10.3. The number of hydrogen-bond donors (Lipinski definition) is 2. The molecule has 0 bridgehead atoms. The molecule has 3 heterocycles. The molecule has 4 aromatic rings. The van der Waals surface area contributed by atoms with Gasteiger partial charge in [-0.25, -0.2) is 9.97 Å². The van der Waals surface area contributed by atoms with Gasteiger partial charge in [-0.15, -0.1) is 11.3 Å². The Morgan fingerprint density at radius 3 is 2.77 bits per heavy atom. The van der Waals surface area contributed by atoms with Crippen molar-refractivity contribution < 1.29 is 9.53 Å². The smallest absolute Gasteiger partial charge is 0.270 e. The van der Waals surface area contributed by atoms with E-state index in [0.29, 0.717) is 12.2 Å². The second-order valence-electron chi connectivity index (χ2n) is 6.67. The lowest BCUT2D eigenvalue weighted by Crippen LogP contribution is -2.26. The van der Waals surface area contributed by atoms with Gasteiger partial charge >= 0.3 is 0 Å².